The first-order chi connectivity index (χ1) is 21.7. The van der Waals surface area contributed by atoms with Gasteiger partial charge in [-0.2, -0.15) is 0 Å². The van der Waals surface area contributed by atoms with Gasteiger partial charge in [0.05, 0.1) is 112 Å². The van der Waals surface area contributed by atoms with E-state index in [4.69, 9.17) is 64.1 Å². The Kier molecular flexibility index (Phi) is 37.1. The summed E-state index contributed by atoms with van der Waals surface area (Å²) in [6, 6.07) is 0. The summed E-state index contributed by atoms with van der Waals surface area (Å²) in [5.74, 6) is -0.469. The van der Waals surface area contributed by atoms with Gasteiger partial charge in [0.15, 0.2) is 0 Å². The monoisotopic (exact) mass is 660 g/mol. The first kappa shape index (κ1) is 42.9. The summed E-state index contributed by atoms with van der Waals surface area (Å²) in [5.41, 5.74) is 0. The van der Waals surface area contributed by atoms with E-state index in [0.29, 0.717) is 119 Å². The Balaban J connectivity index is 3.09. The predicted molar refractivity (Wildman–Crippen MR) is 164 cm³/mol. The summed E-state index contributed by atoms with van der Waals surface area (Å²) < 4.78 is 54.0. The summed E-state index contributed by atoms with van der Waals surface area (Å²) in [6.45, 7) is 9.16. The van der Waals surface area contributed by atoms with E-state index < -0.39 is 5.97 Å². The van der Waals surface area contributed by atoms with Gasteiger partial charge >= 0.3 is 11.9 Å². The molecule has 13 nitrogen and oxygen atoms in total. The second kappa shape index (κ2) is 38.1. The fraction of sp³-hybridized carbons (Fsp3) is 0.933. The normalized spacial score (nSPS) is 11.3. The van der Waals surface area contributed by atoms with E-state index >= 15 is 0 Å². The van der Waals surface area contributed by atoms with Crippen molar-refractivity contribution in [1.29, 1.82) is 0 Å². The predicted octanol–water partition coefficient (Wildman–Crippen LogP) is 3.12. The van der Waals surface area contributed by atoms with E-state index in [-0.39, 0.29) is 32.0 Å². The molecule has 0 spiro atoms. The number of carbonyl (C=O) groups is 2. The number of rotatable bonds is 38. The first-order valence-electron chi connectivity index (χ1n) is 15.8. The van der Waals surface area contributed by atoms with Crippen molar-refractivity contribution in [2.24, 2.45) is 0 Å². The molecule has 0 heterocycles. The average molecular weight is 661 g/mol. The number of hydrogen-bond acceptors (Lipinski definition) is 12. The maximum absolute atomic E-state index is 11.5. The molecule has 0 aromatic carbocycles. The van der Waals surface area contributed by atoms with Crippen LogP contribution in [0.15, 0.2) is 0 Å². The van der Waals surface area contributed by atoms with Crippen LogP contribution in [0, 0.1) is 0 Å². The minimum Gasteiger partial charge on any atom is -0.481 e. The molecule has 0 aromatic rings. The van der Waals surface area contributed by atoms with Crippen LogP contribution in [-0.2, 0) is 57.0 Å². The fourth-order valence-electron chi connectivity index (χ4n) is 3.35. The lowest BCUT2D eigenvalue weighted by Crippen LogP contribution is -2.15. The van der Waals surface area contributed by atoms with Crippen molar-refractivity contribution in [3.8, 4) is 0 Å². The molecule has 0 aromatic heterocycles. The molecule has 0 aliphatic heterocycles. The Morgan fingerprint density at radius 3 is 1.07 bits per heavy atom. The Hall–Kier alpha value is -1.13. The number of ether oxygens (including phenoxy) is 10. The van der Waals surface area contributed by atoms with Crippen molar-refractivity contribution >= 4 is 23.5 Å². The number of carboxylic acid groups (broad SMARTS) is 1. The molecule has 0 saturated carbocycles. The van der Waals surface area contributed by atoms with E-state index in [2.05, 4.69) is 0 Å². The van der Waals surface area contributed by atoms with Crippen LogP contribution >= 0.6 is 11.6 Å². The van der Waals surface area contributed by atoms with Crippen LogP contribution in [0.4, 0.5) is 0 Å². The van der Waals surface area contributed by atoms with E-state index in [1.54, 1.807) is 0 Å². The van der Waals surface area contributed by atoms with Gasteiger partial charge < -0.3 is 52.5 Å². The maximum atomic E-state index is 11.5. The number of hydrogen-bond donors (Lipinski definition) is 1. The van der Waals surface area contributed by atoms with E-state index in [1.165, 1.54) is 0 Å². The highest BCUT2D eigenvalue weighted by atomic mass is 35.5. The molecule has 44 heavy (non-hydrogen) atoms. The molecule has 262 valence electrons. The van der Waals surface area contributed by atoms with Crippen LogP contribution in [0.25, 0.3) is 0 Å². The average Bonchev–Trinajstić information content (AvgIpc) is 3.01. The lowest BCUT2D eigenvalue weighted by Gasteiger charge is -2.09. The summed E-state index contributed by atoms with van der Waals surface area (Å²) in [4.78, 5) is 21.9. The number of aliphatic carboxylic acids is 1. The number of alkyl halides is 1. The number of halogens is 1. The van der Waals surface area contributed by atoms with Crippen LogP contribution in [0.1, 0.15) is 51.4 Å². The third-order valence-electron chi connectivity index (χ3n) is 5.66. The molecule has 0 aliphatic rings. The van der Waals surface area contributed by atoms with Crippen LogP contribution in [-0.4, -0.2) is 148 Å². The summed E-state index contributed by atoms with van der Waals surface area (Å²) >= 11 is 5.64. The van der Waals surface area contributed by atoms with E-state index in [1.807, 2.05) is 0 Å². The SMILES string of the molecule is O=C(O)CCCCC(=O)OCCOCCOCCOCCOCCOCCOCCOCCOCCOCCCCCCCl. The standard InChI is InChI=1S/C30H57ClO13/c31-9-5-1-2-6-10-35-11-12-36-13-14-37-15-16-38-17-18-39-19-20-40-21-22-41-23-24-42-25-26-43-27-28-44-30(34)8-4-3-7-29(32)33/h1-28H2,(H,32,33). The van der Waals surface area contributed by atoms with Gasteiger partial charge in [0.1, 0.15) is 6.61 Å². The molecule has 0 fully saturated rings. The van der Waals surface area contributed by atoms with Crippen LogP contribution < -0.4 is 0 Å². The third-order valence-corrected chi connectivity index (χ3v) is 5.93. The fourth-order valence-corrected chi connectivity index (χ4v) is 3.53. The Morgan fingerprint density at radius 2 is 0.705 bits per heavy atom. The number of carboxylic acids is 1. The molecule has 0 amide bonds. The summed E-state index contributed by atoms with van der Waals surface area (Å²) in [7, 11) is 0. The highest BCUT2D eigenvalue weighted by Crippen LogP contribution is 2.02. The van der Waals surface area contributed by atoms with Crippen LogP contribution in [0.2, 0.25) is 0 Å². The molecular formula is C30H57ClO13. The zero-order chi connectivity index (χ0) is 32.0. The largest absolute Gasteiger partial charge is 0.481 e. The molecule has 0 aliphatic carbocycles. The van der Waals surface area contributed by atoms with Gasteiger partial charge in [-0.15, -0.1) is 11.6 Å². The number of carbonyl (C=O) groups excluding carboxylic acids is 1. The Bertz CT molecular complexity index is 601. The zero-order valence-electron chi connectivity index (χ0n) is 26.5. The number of esters is 1. The second-order valence-electron chi connectivity index (χ2n) is 9.44. The quantitative estimate of drug-likeness (QED) is 0.0588. The van der Waals surface area contributed by atoms with Crippen molar-refractivity contribution < 1.29 is 62.1 Å². The van der Waals surface area contributed by atoms with Gasteiger partial charge in [-0.3, -0.25) is 9.59 Å². The maximum Gasteiger partial charge on any atom is 0.305 e. The third kappa shape index (κ3) is 38.9. The zero-order valence-corrected chi connectivity index (χ0v) is 27.3. The number of unbranched alkanes of at least 4 members (excludes halogenated alkanes) is 4. The summed E-state index contributed by atoms with van der Waals surface area (Å²) in [5, 5.41) is 8.54. The molecule has 0 atom stereocenters. The van der Waals surface area contributed by atoms with Crippen molar-refractivity contribution in [3.63, 3.8) is 0 Å². The van der Waals surface area contributed by atoms with Crippen LogP contribution in [0.5, 0.6) is 0 Å². The highest BCUT2D eigenvalue weighted by molar-refractivity contribution is 6.17. The Morgan fingerprint density at radius 1 is 0.386 bits per heavy atom. The van der Waals surface area contributed by atoms with Gasteiger partial charge in [-0.05, 0) is 25.7 Å². The van der Waals surface area contributed by atoms with E-state index in [0.717, 1.165) is 38.2 Å². The Labute approximate surface area is 268 Å². The van der Waals surface area contributed by atoms with Crippen LogP contribution in [0.3, 0.4) is 0 Å². The lowest BCUT2D eigenvalue weighted by molar-refractivity contribution is -0.146. The molecule has 1 N–H and O–H groups in total. The minimum atomic E-state index is -0.861. The van der Waals surface area contributed by atoms with Gasteiger partial charge in [-0.1, -0.05) is 12.8 Å². The molecule has 0 radical (unpaired) electrons. The van der Waals surface area contributed by atoms with Crippen molar-refractivity contribution in [2.75, 3.05) is 131 Å². The molecule has 0 unspecified atom stereocenters. The topological polar surface area (TPSA) is 147 Å². The molecule has 14 heteroatoms. The molecule has 0 rings (SSSR count). The van der Waals surface area contributed by atoms with Crippen molar-refractivity contribution in [2.45, 2.75) is 51.4 Å². The molecular weight excluding hydrogens is 604 g/mol. The summed E-state index contributed by atoms with van der Waals surface area (Å²) in [6.07, 6.45) is 5.71. The van der Waals surface area contributed by atoms with Crippen molar-refractivity contribution in [1.82, 2.24) is 0 Å². The van der Waals surface area contributed by atoms with Gasteiger partial charge in [0.25, 0.3) is 0 Å². The smallest absolute Gasteiger partial charge is 0.305 e. The highest BCUT2D eigenvalue weighted by Gasteiger charge is 2.04. The van der Waals surface area contributed by atoms with E-state index in [9.17, 15) is 9.59 Å². The molecule has 0 bridgehead atoms. The molecule has 0 saturated heterocycles. The first-order valence-corrected chi connectivity index (χ1v) is 16.3. The van der Waals surface area contributed by atoms with Gasteiger partial charge in [0.2, 0.25) is 0 Å². The lowest BCUT2D eigenvalue weighted by atomic mass is 10.2. The van der Waals surface area contributed by atoms with Gasteiger partial charge in [0, 0.05) is 25.3 Å². The minimum absolute atomic E-state index is 0.0621. The van der Waals surface area contributed by atoms with Crippen molar-refractivity contribution in [3.05, 3.63) is 0 Å². The second-order valence-corrected chi connectivity index (χ2v) is 9.81. The van der Waals surface area contributed by atoms with Gasteiger partial charge in [-0.25, -0.2) is 0 Å².